The minimum absolute atomic E-state index is 0.172. The zero-order valence-corrected chi connectivity index (χ0v) is 15.3. The second-order valence-electron chi connectivity index (χ2n) is 6.76. The van der Waals surface area contributed by atoms with Gasteiger partial charge in [0, 0.05) is 12.2 Å². The van der Waals surface area contributed by atoms with Gasteiger partial charge in [0.15, 0.2) is 6.23 Å². The molecule has 2 heterocycles. The van der Waals surface area contributed by atoms with Gasteiger partial charge in [-0.05, 0) is 36.6 Å². The van der Waals surface area contributed by atoms with Crippen molar-refractivity contribution in [3.05, 3.63) is 77.1 Å². The number of benzene rings is 2. The molecule has 2 aromatic carbocycles. The van der Waals surface area contributed by atoms with Crippen LogP contribution in [0, 0.1) is 6.92 Å². The van der Waals surface area contributed by atoms with E-state index in [1.807, 2.05) is 10.9 Å². The molecule has 3 aromatic rings. The Balaban J connectivity index is 1.51. The standard InChI is InChI=1S/C21H24N4O/c1-3-17-8-10-19(11-9-17)25-12-13-26-21(25)20-15-24(23-22-20)14-18-6-4-16(2)5-7-18/h4-11,15,21H,3,12-14H2,1-2H3/t21-/m1/s1. The van der Waals surface area contributed by atoms with Crippen LogP contribution in [-0.4, -0.2) is 28.1 Å². The van der Waals surface area contributed by atoms with E-state index in [9.17, 15) is 0 Å². The zero-order valence-electron chi connectivity index (χ0n) is 15.3. The van der Waals surface area contributed by atoms with Gasteiger partial charge in [-0.15, -0.1) is 5.10 Å². The van der Waals surface area contributed by atoms with Crippen LogP contribution >= 0.6 is 0 Å². The number of aromatic nitrogens is 3. The fourth-order valence-electron chi connectivity index (χ4n) is 3.29. The topological polar surface area (TPSA) is 43.2 Å². The van der Waals surface area contributed by atoms with Crippen LogP contribution < -0.4 is 4.90 Å². The highest BCUT2D eigenvalue weighted by molar-refractivity contribution is 5.49. The van der Waals surface area contributed by atoms with E-state index in [-0.39, 0.29) is 6.23 Å². The molecule has 1 aliphatic heterocycles. The summed E-state index contributed by atoms with van der Waals surface area (Å²) in [6.45, 7) is 6.54. The number of aryl methyl sites for hydroxylation is 2. The molecule has 5 heteroatoms. The molecule has 5 nitrogen and oxygen atoms in total. The van der Waals surface area contributed by atoms with Gasteiger partial charge in [-0.2, -0.15) is 0 Å². The summed E-state index contributed by atoms with van der Waals surface area (Å²) in [7, 11) is 0. The predicted molar refractivity (Wildman–Crippen MR) is 102 cm³/mol. The predicted octanol–water partition coefficient (Wildman–Crippen LogP) is 3.73. The van der Waals surface area contributed by atoms with Crippen molar-refractivity contribution in [1.29, 1.82) is 0 Å². The summed E-state index contributed by atoms with van der Waals surface area (Å²) in [6.07, 6.45) is 2.87. The van der Waals surface area contributed by atoms with Gasteiger partial charge in [-0.25, -0.2) is 4.68 Å². The summed E-state index contributed by atoms with van der Waals surface area (Å²) in [5.74, 6) is 0. The highest BCUT2D eigenvalue weighted by Gasteiger charge is 2.29. The Labute approximate surface area is 154 Å². The van der Waals surface area contributed by atoms with Crippen LogP contribution in [0.5, 0.6) is 0 Å². The first-order chi connectivity index (χ1) is 12.7. The van der Waals surface area contributed by atoms with Gasteiger partial charge in [-0.3, -0.25) is 0 Å². The zero-order chi connectivity index (χ0) is 17.9. The minimum Gasteiger partial charge on any atom is -0.350 e. The molecule has 0 saturated carbocycles. The number of nitrogens with zero attached hydrogens (tertiary/aromatic N) is 4. The van der Waals surface area contributed by atoms with Crippen molar-refractivity contribution >= 4 is 5.69 Å². The lowest BCUT2D eigenvalue weighted by molar-refractivity contribution is 0.110. The lowest BCUT2D eigenvalue weighted by Gasteiger charge is -2.23. The third-order valence-electron chi connectivity index (χ3n) is 4.84. The average molecular weight is 348 g/mol. The lowest BCUT2D eigenvalue weighted by Crippen LogP contribution is -2.23. The fraction of sp³-hybridized carbons (Fsp3) is 0.333. The van der Waals surface area contributed by atoms with E-state index < -0.39 is 0 Å². The van der Waals surface area contributed by atoms with E-state index in [4.69, 9.17) is 4.74 Å². The molecule has 0 amide bonds. The van der Waals surface area contributed by atoms with Crippen LogP contribution in [0.4, 0.5) is 5.69 Å². The molecule has 1 aliphatic rings. The first-order valence-corrected chi connectivity index (χ1v) is 9.15. The second-order valence-corrected chi connectivity index (χ2v) is 6.76. The van der Waals surface area contributed by atoms with Gasteiger partial charge in [0.2, 0.25) is 0 Å². The maximum atomic E-state index is 5.95. The van der Waals surface area contributed by atoms with Crippen LogP contribution in [0.2, 0.25) is 0 Å². The first kappa shape index (κ1) is 16.8. The Morgan fingerprint density at radius 2 is 1.77 bits per heavy atom. The summed E-state index contributed by atoms with van der Waals surface area (Å²) >= 11 is 0. The molecular formula is C21H24N4O. The molecule has 0 unspecified atom stereocenters. The Kier molecular flexibility index (Phi) is 4.71. The monoisotopic (exact) mass is 348 g/mol. The molecule has 0 aliphatic carbocycles. The minimum atomic E-state index is -0.172. The summed E-state index contributed by atoms with van der Waals surface area (Å²) < 4.78 is 7.83. The van der Waals surface area contributed by atoms with Gasteiger partial charge < -0.3 is 9.64 Å². The largest absolute Gasteiger partial charge is 0.350 e. The van der Waals surface area contributed by atoms with Crippen molar-refractivity contribution < 1.29 is 4.74 Å². The molecule has 1 fully saturated rings. The van der Waals surface area contributed by atoms with Gasteiger partial charge in [0.1, 0.15) is 5.69 Å². The smallest absolute Gasteiger partial charge is 0.177 e. The van der Waals surface area contributed by atoms with Crippen molar-refractivity contribution in [3.8, 4) is 0 Å². The number of rotatable bonds is 5. The van der Waals surface area contributed by atoms with Gasteiger partial charge in [0.05, 0.1) is 19.3 Å². The molecule has 1 atom stereocenters. The van der Waals surface area contributed by atoms with Crippen molar-refractivity contribution in [2.24, 2.45) is 0 Å². The molecule has 0 bridgehead atoms. The van der Waals surface area contributed by atoms with Gasteiger partial charge in [0.25, 0.3) is 0 Å². The van der Waals surface area contributed by atoms with Gasteiger partial charge in [-0.1, -0.05) is 54.1 Å². The average Bonchev–Trinajstić information content (AvgIpc) is 3.33. The van der Waals surface area contributed by atoms with E-state index in [1.54, 1.807) is 0 Å². The number of ether oxygens (including phenoxy) is 1. The lowest BCUT2D eigenvalue weighted by atomic mass is 10.1. The summed E-state index contributed by atoms with van der Waals surface area (Å²) in [5, 5.41) is 8.66. The van der Waals surface area contributed by atoms with Crippen LogP contribution in [0.1, 0.15) is 35.5 Å². The molecule has 0 N–H and O–H groups in total. The van der Waals surface area contributed by atoms with Crippen LogP contribution in [-0.2, 0) is 17.7 Å². The molecule has 1 aromatic heterocycles. The maximum Gasteiger partial charge on any atom is 0.177 e. The van der Waals surface area contributed by atoms with E-state index >= 15 is 0 Å². The van der Waals surface area contributed by atoms with Crippen molar-refractivity contribution in [2.75, 3.05) is 18.1 Å². The molecule has 0 radical (unpaired) electrons. The van der Waals surface area contributed by atoms with E-state index in [0.717, 1.165) is 24.3 Å². The third-order valence-corrected chi connectivity index (χ3v) is 4.84. The van der Waals surface area contributed by atoms with Crippen LogP contribution in [0.15, 0.2) is 54.7 Å². The van der Waals surface area contributed by atoms with E-state index in [2.05, 4.69) is 77.6 Å². The molecular weight excluding hydrogens is 324 g/mol. The Hall–Kier alpha value is -2.66. The second kappa shape index (κ2) is 7.30. The first-order valence-electron chi connectivity index (χ1n) is 9.15. The van der Waals surface area contributed by atoms with E-state index in [0.29, 0.717) is 13.2 Å². The third kappa shape index (κ3) is 3.48. The molecule has 26 heavy (non-hydrogen) atoms. The molecule has 134 valence electrons. The number of hydrogen-bond donors (Lipinski definition) is 0. The number of hydrogen-bond acceptors (Lipinski definition) is 4. The van der Waals surface area contributed by atoms with Gasteiger partial charge >= 0.3 is 0 Å². The highest BCUT2D eigenvalue weighted by Crippen LogP contribution is 2.31. The van der Waals surface area contributed by atoms with Crippen molar-refractivity contribution in [2.45, 2.75) is 33.0 Å². The van der Waals surface area contributed by atoms with Crippen molar-refractivity contribution in [3.63, 3.8) is 0 Å². The molecule has 4 rings (SSSR count). The molecule has 1 saturated heterocycles. The molecule has 0 spiro atoms. The van der Waals surface area contributed by atoms with Crippen molar-refractivity contribution in [1.82, 2.24) is 15.0 Å². The Morgan fingerprint density at radius 1 is 1.04 bits per heavy atom. The van der Waals surface area contributed by atoms with Crippen LogP contribution in [0.25, 0.3) is 0 Å². The normalized spacial score (nSPS) is 17.0. The van der Waals surface area contributed by atoms with E-state index in [1.165, 1.54) is 16.7 Å². The summed E-state index contributed by atoms with van der Waals surface area (Å²) in [6, 6.07) is 17.2. The fourth-order valence-corrected chi connectivity index (χ4v) is 3.29. The maximum absolute atomic E-state index is 5.95. The Morgan fingerprint density at radius 3 is 2.50 bits per heavy atom. The Bertz CT molecular complexity index is 854. The summed E-state index contributed by atoms with van der Waals surface area (Å²) in [5.41, 5.74) is 5.84. The van der Waals surface area contributed by atoms with Crippen LogP contribution in [0.3, 0.4) is 0 Å². The number of anilines is 1. The SMILES string of the molecule is CCc1ccc(N2CCO[C@@H]2c2cn(Cc3ccc(C)cc3)nn2)cc1. The quantitative estimate of drug-likeness (QED) is 0.705. The highest BCUT2D eigenvalue weighted by atomic mass is 16.5. The summed E-state index contributed by atoms with van der Waals surface area (Å²) in [4.78, 5) is 2.25.